The second kappa shape index (κ2) is 3.74. The first-order valence-electron chi connectivity index (χ1n) is 5.34. The van der Waals surface area contributed by atoms with E-state index >= 15 is 0 Å². The fraction of sp³-hybridized carbons (Fsp3) is 0.308. The van der Waals surface area contributed by atoms with Gasteiger partial charge in [-0.3, -0.25) is 4.79 Å². The Morgan fingerprint density at radius 3 is 2.69 bits per heavy atom. The molecule has 0 saturated heterocycles. The van der Waals surface area contributed by atoms with Crippen LogP contribution in [0.1, 0.15) is 18.1 Å². The van der Waals surface area contributed by atoms with Crippen LogP contribution in [0.25, 0.3) is 10.9 Å². The second-order valence-electron chi connectivity index (χ2n) is 3.98. The molecule has 0 aliphatic carbocycles. The van der Waals surface area contributed by atoms with E-state index in [0.717, 1.165) is 22.0 Å². The molecule has 0 bridgehead atoms. The summed E-state index contributed by atoms with van der Waals surface area (Å²) in [6, 6.07) is 4.52. The molecule has 0 aliphatic heterocycles. The van der Waals surface area contributed by atoms with E-state index in [2.05, 4.69) is 0 Å². The van der Waals surface area contributed by atoms with Crippen LogP contribution in [0.15, 0.2) is 23.0 Å². The van der Waals surface area contributed by atoms with Gasteiger partial charge in [0.2, 0.25) is 0 Å². The van der Waals surface area contributed by atoms with Gasteiger partial charge in [-0.05, 0) is 37.1 Å². The summed E-state index contributed by atoms with van der Waals surface area (Å²) in [5.74, 6) is -0.267. The van der Waals surface area contributed by atoms with Crippen LogP contribution >= 0.6 is 0 Å². The Kier molecular flexibility index (Phi) is 2.54. The topological polar surface area (TPSA) is 22.0 Å². The Hall–Kier alpha value is -1.64. The summed E-state index contributed by atoms with van der Waals surface area (Å²) in [7, 11) is 1.72. The van der Waals surface area contributed by atoms with Gasteiger partial charge in [0.15, 0.2) is 0 Å². The van der Waals surface area contributed by atoms with Crippen molar-refractivity contribution in [3.05, 3.63) is 45.5 Å². The third-order valence-electron chi connectivity index (χ3n) is 3.09. The molecule has 1 aromatic heterocycles. The normalized spacial score (nSPS) is 11.0. The zero-order valence-electron chi connectivity index (χ0n) is 9.67. The second-order valence-corrected chi connectivity index (χ2v) is 3.98. The minimum absolute atomic E-state index is 0.0131. The van der Waals surface area contributed by atoms with E-state index in [1.807, 2.05) is 13.8 Å². The molecule has 0 atom stereocenters. The molecule has 2 nitrogen and oxygen atoms in total. The van der Waals surface area contributed by atoms with Gasteiger partial charge in [0, 0.05) is 18.0 Å². The molecular formula is C13H14FNO. The van der Waals surface area contributed by atoms with Gasteiger partial charge in [-0.1, -0.05) is 6.92 Å². The maximum absolute atomic E-state index is 13.2. The van der Waals surface area contributed by atoms with Crippen LogP contribution in [0.3, 0.4) is 0 Å². The summed E-state index contributed by atoms with van der Waals surface area (Å²) in [5, 5.41) is 0.818. The highest BCUT2D eigenvalue weighted by molar-refractivity contribution is 5.83. The third kappa shape index (κ3) is 1.43. The van der Waals surface area contributed by atoms with Crippen molar-refractivity contribution in [2.75, 3.05) is 0 Å². The molecule has 0 N–H and O–H groups in total. The monoisotopic (exact) mass is 219 g/mol. The molecule has 1 heterocycles. The molecular weight excluding hydrogens is 205 g/mol. The highest BCUT2D eigenvalue weighted by atomic mass is 19.1. The maximum Gasteiger partial charge on any atom is 0.254 e. The van der Waals surface area contributed by atoms with Gasteiger partial charge >= 0.3 is 0 Å². The lowest BCUT2D eigenvalue weighted by atomic mass is 10.0. The molecule has 0 spiro atoms. The predicted octanol–water partition coefficient (Wildman–Crippen LogP) is 2.55. The summed E-state index contributed by atoms with van der Waals surface area (Å²) in [5.41, 5.74) is 2.45. The van der Waals surface area contributed by atoms with Crippen LogP contribution in [0.4, 0.5) is 4.39 Å². The third-order valence-corrected chi connectivity index (χ3v) is 3.09. The first-order chi connectivity index (χ1) is 7.56. The van der Waals surface area contributed by atoms with E-state index in [9.17, 15) is 9.18 Å². The van der Waals surface area contributed by atoms with Gasteiger partial charge < -0.3 is 4.57 Å². The quantitative estimate of drug-likeness (QED) is 0.722. The van der Waals surface area contributed by atoms with Crippen LogP contribution in [-0.2, 0) is 13.5 Å². The van der Waals surface area contributed by atoms with Crippen molar-refractivity contribution in [2.24, 2.45) is 7.05 Å². The van der Waals surface area contributed by atoms with E-state index in [1.165, 1.54) is 12.1 Å². The number of halogens is 1. The van der Waals surface area contributed by atoms with Crippen molar-refractivity contribution in [1.82, 2.24) is 4.57 Å². The molecule has 0 saturated carbocycles. The smallest absolute Gasteiger partial charge is 0.254 e. The fourth-order valence-electron chi connectivity index (χ4n) is 2.15. The number of hydrogen-bond acceptors (Lipinski definition) is 1. The summed E-state index contributed by atoms with van der Waals surface area (Å²) >= 11 is 0. The van der Waals surface area contributed by atoms with Gasteiger partial charge in [0.1, 0.15) is 5.82 Å². The Morgan fingerprint density at radius 1 is 1.38 bits per heavy atom. The Morgan fingerprint density at radius 2 is 2.06 bits per heavy atom. The largest absolute Gasteiger partial charge is 0.311 e. The minimum atomic E-state index is -0.267. The summed E-state index contributed by atoms with van der Waals surface area (Å²) in [4.78, 5) is 12.0. The van der Waals surface area contributed by atoms with Crippen molar-refractivity contribution in [2.45, 2.75) is 20.3 Å². The number of aryl methyl sites for hydroxylation is 2. The lowest BCUT2D eigenvalue weighted by Crippen LogP contribution is -2.22. The number of benzene rings is 1. The summed E-state index contributed by atoms with van der Waals surface area (Å²) in [6.45, 7) is 3.82. The number of pyridine rings is 1. The zero-order valence-corrected chi connectivity index (χ0v) is 9.67. The van der Waals surface area contributed by atoms with Crippen LogP contribution in [0.2, 0.25) is 0 Å². The van der Waals surface area contributed by atoms with Crippen molar-refractivity contribution >= 4 is 10.9 Å². The standard InChI is InChI=1S/C13H14FNO/c1-4-10-8(2)11-7-9(14)5-6-12(11)15(3)13(10)16/h5-7H,4H2,1-3H3. The number of nitrogens with zero attached hydrogens (tertiary/aromatic N) is 1. The van der Waals surface area contributed by atoms with E-state index in [-0.39, 0.29) is 11.4 Å². The van der Waals surface area contributed by atoms with Crippen LogP contribution in [-0.4, -0.2) is 4.57 Å². The summed E-state index contributed by atoms with van der Waals surface area (Å²) < 4.78 is 14.8. The molecule has 1 aromatic carbocycles. The molecule has 0 radical (unpaired) electrons. The molecule has 3 heteroatoms. The van der Waals surface area contributed by atoms with Crippen molar-refractivity contribution in [1.29, 1.82) is 0 Å². The fourth-order valence-corrected chi connectivity index (χ4v) is 2.15. The molecule has 2 aromatic rings. The van der Waals surface area contributed by atoms with Crippen LogP contribution < -0.4 is 5.56 Å². The van der Waals surface area contributed by atoms with Gasteiger partial charge in [0.05, 0.1) is 5.52 Å². The lowest BCUT2D eigenvalue weighted by Gasteiger charge is -2.11. The molecule has 84 valence electrons. The lowest BCUT2D eigenvalue weighted by molar-refractivity contribution is 0.629. The van der Waals surface area contributed by atoms with Gasteiger partial charge in [-0.15, -0.1) is 0 Å². The molecule has 2 rings (SSSR count). The average Bonchev–Trinajstić information content (AvgIpc) is 2.27. The number of aromatic nitrogens is 1. The van der Waals surface area contributed by atoms with Gasteiger partial charge in [0.25, 0.3) is 5.56 Å². The van der Waals surface area contributed by atoms with E-state index in [1.54, 1.807) is 17.7 Å². The maximum atomic E-state index is 13.2. The van der Waals surface area contributed by atoms with Crippen LogP contribution in [0, 0.1) is 12.7 Å². The van der Waals surface area contributed by atoms with E-state index in [0.29, 0.717) is 6.42 Å². The number of rotatable bonds is 1. The Bertz CT molecular complexity index is 613. The highest BCUT2D eigenvalue weighted by Gasteiger charge is 2.10. The molecule has 16 heavy (non-hydrogen) atoms. The van der Waals surface area contributed by atoms with Crippen molar-refractivity contribution in [3.63, 3.8) is 0 Å². The van der Waals surface area contributed by atoms with Crippen molar-refractivity contribution in [3.8, 4) is 0 Å². The van der Waals surface area contributed by atoms with E-state index < -0.39 is 0 Å². The first-order valence-corrected chi connectivity index (χ1v) is 5.34. The molecule has 0 unspecified atom stereocenters. The van der Waals surface area contributed by atoms with Gasteiger partial charge in [-0.25, -0.2) is 4.39 Å². The SMILES string of the molecule is CCc1c(C)c2cc(F)ccc2n(C)c1=O. The number of hydrogen-bond donors (Lipinski definition) is 0. The zero-order chi connectivity index (χ0) is 11.9. The summed E-state index contributed by atoms with van der Waals surface area (Å²) in [6.07, 6.45) is 0.672. The minimum Gasteiger partial charge on any atom is -0.311 e. The average molecular weight is 219 g/mol. The molecule has 0 amide bonds. The Balaban J connectivity index is 3.02. The van der Waals surface area contributed by atoms with Crippen molar-refractivity contribution < 1.29 is 4.39 Å². The Labute approximate surface area is 93.3 Å². The van der Waals surface area contributed by atoms with Gasteiger partial charge in [-0.2, -0.15) is 0 Å². The number of fused-ring (bicyclic) bond motifs is 1. The van der Waals surface area contributed by atoms with E-state index in [4.69, 9.17) is 0 Å². The molecule has 0 aliphatic rings. The first kappa shape index (κ1) is 10.9. The highest BCUT2D eigenvalue weighted by Crippen LogP contribution is 2.20. The predicted molar refractivity (Wildman–Crippen MR) is 63.3 cm³/mol. The molecule has 0 fully saturated rings. The van der Waals surface area contributed by atoms with Crippen LogP contribution in [0.5, 0.6) is 0 Å².